The van der Waals surface area contributed by atoms with Crippen LogP contribution in [0.1, 0.15) is 27.8 Å². The molecule has 0 aliphatic carbocycles. The van der Waals surface area contributed by atoms with E-state index in [4.69, 9.17) is 0 Å². The molecule has 1 aromatic rings. The molecule has 1 radical (unpaired) electrons. The predicted octanol–water partition coefficient (Wildman–Crippen LogP) is 2.95. The zero-order valence-corrected chi connectivity index (χ0v) is 10.6. The largest absolute Gasteiger partial charge is 0.196 e. The molecule has 0 amide bonds. The van der Waals surface area contributed by atoms with Gasteiger partial charge in [-0.3, -0.25) is 0 Å². The van der Waals surface area contributed by atoms with Crippen LogP contribution >= 0.6 is 0 Å². The minimum Gasteiger partial charge on any atom is -0.196 e. The van der Waals surface area contributed by atoms with Gasteiger partial charge in [0.1, 0.15) is 0 Å². The molecule has 0 aliphatic heterocycles. The van der Waals surface area contributed by atoms with E-state index in [0.717, 1.165) is 0 Å². The SMILES string of the molecule is Cc1c(C)c(C)[c-](C)c1C.[Re]. The van der Waals surface area contributed by atoms with Crippen LogP contribution in [-0.2, 0) is 20.4 Å². The molecule has 0 nitrogen and oxygen atoms in total. The van der Waals surface area contributed by atoms with Crippen molar-refractivity contribution in [3.8, 4) is 0 Å². The molecule has 0 unspecified atom stereocenters. The van der Waals surface area contributed by atoms with Crippen LogP contribution in [0.5, 0.6) is 0 Å². The molecule has 0 saturated carbocycles. The van der Waals surface area contributed by atoms with Gasteiger partial charge in [0.25, 0.3) is 0 Å². The van der Waals surface area contributed by atoms with Gasteiger partial charge in [0.15, 0.2) is 0 Å². The van der Waals surface area contributed by atoms with Crippen LogP contribution in [0.4, 0.5) is 0 Å². The van der Waals surface area contributed by atoms with Gasteiger partial charge in [-0.1, -0.05) is 34.6 Å². The fraction of sp³-hybridized carbons (Fsp3) is 0.500. The molecule has 0 N–H and O–H groups in total. The van der Waals surface area contributed by atoms with Crippen molar-refractivity contribution in [1.29, 1.82) is 0 Å². The summed E-state index contributed by atoms with van der Waals surface area (Å²) in [5.74, 6) is 0. The van der Waals surface area contributed by atoms with Gasteiger partial charge in [-0.2, -0.15) is 27.8 Å². The van der Waals surface area contributed by atoms with Crippen molar-refractivity contribution in [2.24, 2.45) is 0 Å². The summed E-state index contributed by atoms with van der Waals surface area (Å²) in [6.07, 6.45) is 0. The fourth-order valence-electron chi connectivity index (χ4n) is 1.41. The van der Waals surface area contributed by atoms with Crippen molar-refractivity contribution in [3.63, 3.8) is 0 Å². The molecule has 0 atom stereocenters. The first-order valence-corrected chi connectivity index (χ1v) is 3.75. The Morgan fingerprint density at radius 2 is 1.09 bits per heavy atom. The average Bonchev–Trinajstić information content (AvgIpc) is 2.07. The standard InChI is InChI=1S/C10H15.Re/c1-6-7(2)9(4)10(5)8(6)3;/h1-5H3;/q-1;. The van der Waals surface area contributed by atoms with Crippen LogP contribution in [0.15, 0.2) is 0 Å². The summed E-state index contributed by atoms with van der Waals surface area (Å²) in [5, 5.41) is 0. The molecular formula is C10H15Re-. The van der Waals surface area contributed by atoms with Gasteiger partial charge in [0, 0.05) is 20.4 Å². The molecule has 11 heavy (non-hydrogen) atoms. The summed E-state index contributed by atoms with van der Waals surface area (Å²) in [6.45, 7) is 11.0. The minimum atomic E-state index is 0. The Morgan fingerprint density at radius 3 is 1.18 bits per heavy atom. The summed E-state index contributed by atoms with van der Waals surface area (Å²) >= 11 is 0. The van der Waals surface area contributed by atoms with Gasteiger partial charge < -0.3 is 0 Å². The van der Waals surface area contributed by atoms with Crippen LogP contribution in [0, 0.1) is 34.6 Å². The van der Waals surface area contributed by atoms with Gasteiger partial charge >= 0.3 is 0 Å². The van der Waals surface area contributed by atoms with E-state index in [9.17, 15) is 0 Å². The smallest absolute Gasteiger partial charge is 0 e. The summed E-state index contributed by atoms with van der Waals surface area (Å²) in [5.41, 5.74) is 7.34. The Kier molecular flexibility index (Phi) is 3.61. The summed E-state index contributed by atoms with van der Waals surface area (Å²) in [4.78, 5) is 0. The Hall–Kier alpha value is 0.0123. The number of rotatable bonds is 0. The molecule has 0 spiro atoms. The maximum atomic E-state index is 2.20. The van der Waals surface area contributed by atoms with Crippen molar-refractivity contribution in [1.82, 2.24) is 0 Å². The third-order valence-corrected chi connectivity index (χ3v) is 2.81. The van der Waals surface area contributed by atoms with Gasteiger partial charge in [0.05, 0.1) is 0 Å². The van der Waals surface area contributed by atoms with Crippen LogP contribution in [0.2, 0.25) is 0 Å². The Bertz CT molecular complexity index is 176. The van der Waals surface area contributed by atoms with Crippen molar-refractivity contribution in [2.45, 2.75) is 34.6 Å². The van der Waals surface area contributed by atoms with E-state index in [1.165, 1.54) is 27.8 Å². The van der Waals surface area contributed by atoms with E-state index >= 15 is 0 Å². The first-order chi connectivity index (χ1) is 4.55. The molecule has 63 valence electrons. The van der Waals surface area contributed by atoms with E-state index in [2.05, 4.69) is 34.6 Å². The molecule has 0 bridgehead atoms. The molecule has 0 heterocycles. The fourth-order valence-corrected chi connectivity index (χ4v) is 1.41. The van der Waals surface area contributed by atoms with E-state index in [1.807, 2.05) is 0 Å². The minimum absolute atomic E-state index is 0. The molecule has 1 rings (SSSR count). The summed E-state index contributed by atoms with van der Waals surface area (Å²) in [6, 6.07) is 0. The van der Waals surface area contributed by atoms with E-state index < -0.39 is 0 Å². The predicted molar refractivity (Wildman–Crippen MR) is 45.7 cm³/mol. The summed E-state index contributed by atoms with van der Waals surface area (Å²) < 4.78 is 0. The first kappa shape index (κ1) is 11.0. The van der Waals surface area contributed by atoms with Crippen molar-refractivity contribution < 1.29 is 20.4 Å². The summed E-state index contributed by atoms with van der Waals surface area (Å²) in [7, 11) is 0. The van der Waals surface area contributed by atoms with Crippen molar-refractivity contribution in [3.05, 3.63) is 27.8 Å². The molecular weight excluding hydrogens is 306 g/mol. The second-order valence-electron chi connectivity index (χ2n) is 3.12. The third kappa shape index (κ3) is 1.60. The first-order valence-electron chi connectivity index (χ1n) is 3.75. The van der Waals surface area contributed by atoms with Crippen molar-refractivity contribution >= 4 is 0 Å². The Balaban J connectivity index is 0.000001000. The zero-order chi connectivity index (χ0) is 7.89. The second kappa shape index (κ2) is 3.61. The average molecular weight is 321 g/mol. The van der Waals surface area contributed by atoms with Crippen LogP contribution < -0.4 is 0 Å². The maximum absolute atomic E-state index is 2.20. The van der Waals surface area contributed by atoms with Gasteiger partial charge in [-0.25, -0.2) is 0 Å². The molecule has 0 fully saturated rings. The zero-order valence-electron chi connectivity index (χ0n) is 7.88. The van der Waals surface area contributed by atoms with E-state index in [-0.39, 0.29) is 20.4 Å². The quantitative estimate of drug-likeness (QED) is 0.645. The van der Waals surface area contributed by atoms with Gasteiger partial charge in [-0.15, -0.1) is 0 Å². The molecule has 0 aliphatic rings. The molecule has 0 saturated heterocycles. The molecule has 1 heteroatoms. The maximum Gasteiger partial charge on any atom is 0 e. The Labute approximate surface area is 83.0 Å². The number of hydrogen-bond acceptors (Lipinski definition) is 0. The van der Waals surface area contributed by atoms with Gasteiger partial charge in [-0.05, 0) is 0 Å². The van der Waals surface area contributed by atoms with Crippen LogP contribution in [0.25, 0.3) is 0 Å². The normalized spacial score (nSPS) is 9.55. The monoisotopic (exact) mass is 322 g/mol. The molecule has 0 aromatic heterocycles. The Morgan fingerprint density at radius 1 is 0.818 bits per heavy atom. The topological polar surface area (TPSA) is 0 Å². The van der Waals surface area contributed by atoms with Crippen LogP contribution in [0.3, 0.4) is 0 Å². The third-order valence-electron chi connectivity index (χ3n) is 2.81. The number of hydrogen-bond donors (Lipinski definition) is 0. The van der Waals surface area contributed by atoms with Gasteiger partial charge in [0.2, 0.25) is 0 Å². The second-order valence-corrected chi connectivity index (χ2v) is 3.12. The van der Waals surface area contributed by atoms with Crippen LogP contribution in [-0.4, -0.2) is 0 Å². The van der Waals surface area contributed by atoms with E-state index in [0.29, 0.717) is 0 Å². The van der Waals surface area contributed by atoms with E-state index in [1.54, 1.807) is 0 Å². The van der Waals surface area contributed by atoms with Crippen molar-refractivity contribution in [2.75, 3.05) is 0 Å². The molecule has 1 aromatic carbocycles.